The average Bonchev–Trinajstić information content (AvgIpc) is 2.74. The van der Waals surface area contributed by atoms with Gasteiger partial charge in [-0.1, -0.05) is 12.1 Å². The van der Waals surface area contributed by atoms with Gasteiger partial charge < -0.3 is 10.0 Å². The van der Waals surface area contributed by atoms with Gasteiger partial charge in [-0.05, 0) is 12.5 Å². The molecule has 2 rings (SSSR count). The van der Waals surface area contributed by atoms with E-state index in [2.05, 4.69) is 0 Å². The molecule has 0 radical (unpaired) electrons. The van der Waals surface area contributed by atoms with Crippen molar-refractivity contribution in [3.8, 4) is 6.07 Å². The number of rotatable bonds is 3. The third-order valence-corrected chi connectivity index (χ3v) is 3.15. The molecule has 1 heterocycles. The fourth-order valence-electron chi connectivity index (χ4n) is 2.16. The van der Waals surface area contributed by atoms with Gasteiger partial charge in [-0.2, -0.15) is 5.26 Å². The number of carboxylic acid groups (broad SMARTS) is 1. The third kappa shape index (κ3) is 2.40. The molecule has 0 aromatic heterocycles. The number of benzene rings is 1. The van der Waals surface area contributed by atoms with E-state index in [1.165, 1.54) is 18.2 Å². The number of hydrogen-bond donors (Lipinski definition) is 1. The van der Waals surface area contributed by atoms with E-state index in [1.54, 1.807) is 6.07 Å². The van der Waals surface area contributed by atoms with Gasteiger partial charge in [0.1, 0.15) is 17.9 Å². The number of carbonyl (C=O) groups excluding carboxylic acids is 1. The van der Waals surface area contributed by atoms with Gasteiger partial charge in [0.25, 0.3) is 0 Å². The van der Waals surface area contributed by atoms with Crippen LogP contribution in [0.3, 0.4) is 0 Å². The van der Waals surface area contributed by atoms with Crippen molar-refractivity contribution in [3.05, 3.63) is 35.1 Å². The van der Waals surface area contributed by atoms with Gasteiger partial charge in [-0.25, -0.2) is 9.18 Å². The van der Waals surface area contributed by atoms with Crippen molar-refractivity contribution in [3.63, 3.8) is 0 Å². The van der Waals surface area contributed by atoms with Crippen molar-refractivity contribution in [1.29, 1.82) is 5.26 Å². The summed E-state index contributed by atoms with van der Waals surface area (Å²) in [5, 5.41) is 17.7. The van der Waals surface area contributed by atoms with Gasteiger partial charge in [0, 0.05) is 18.5 Å². The number of carbonyl (C=O) groups is 2. The quantitative estimate of drug-likeness (QED) is 0.889. The van der Waals surface area contributed by atoms with Gasteiger partial charge in [0.05, 0.1) is 5.56 Å². The standard InChI is InChI=1S/C13H11FN2O3/c14-12-8(6-15)2-1-3-9(12)7-16-10(13(18)19)4-5-11(16)17/h1-3,10H,4-5,7H2,(H,18,19). The summed E-state index contributed by atoms with van der Waals surface area (Å²) < 4.78 is 13.9. The first kappa shape index (κ1) is 13.0. The highest BCUT2D eigenvalue weighted by atomic mass is 19.1. The molecule has 98 valence electrons. The molecular formula is C13H11FN2O3. The summed E-state index contributed by atoms with van der Waals surface area (Å²) >= 11 is 0. The van der Waals surface area contributed by atoms with Crippen molar-refractivity contribution in [1.82, 2.24) is 4.90 Å². The Labute approximate surface area is 108 Å². The molecular weight excluding hydrogens is 251 g/mol. The largest absolute Gasteiger partial charge is 0.480 e. The van der Waals surface area contributed by atoms with Crippen LogP contribution >= 0.6 is 0 Å². The van der Waals surface area contributed by atoms with E-state index in [9.17, 15) is 14.0 Å². The van der Waals surface area contributed by atoms with Crippen LogP contribution in [-0.2, 0) is 16.1 Å². The number of amides is 1. The summed E-state index contributed by atoms with van der Waals surface area (Å²) in [5.41, 5.74) is 0.0385. The van der Waals surface area contributed by atoms with Crippen LogP contribution in [-0.4, -0.2) is 27.9 Å². The van der Waals surface area contributed by atoms with Crippen molar-refractivity contribution in [2.24, 2.45) is 0 Å². The van der Waals surface area contributed by atoms with Crippen molar-refractivity contribution in [2.45, 2.75) is 25.4 Å². The zero-order valence-electron chi connectivity index (χ0n) is 9.97. The van der Waals surface area contributed by atoms with E-state index in [4.69, 9.17) is 10.4 Å². The molecule has 1 aliphatic heterocycles. The minimum atomic E-state index is -1.09. The topological polar surface area (TPSA) is 81.4 Å². The number of nitriles is 1. The Kier molecular flexibility index (Phi) is 3.47. The lowest BCUT2D eigenvalue weighted by Crippen LogP contribution is -2.38. The van der Waals surface area contributed by atoms with Crippen LogP contribution < -0.4 is 0 Å². The summed E-state index contributed by atoms with van der Waals surface area (Å²) in [6.45, 7) is -0.128. The predicted octanol–water partition coefficient (Wildman–Crippen LogP) is 1.27. The molecule has 0 spiro atoms. The molecule has 1 aromatic rings. The Morgan fingerprint density at radius 3 is 2.95 bits per heavy atom. The fourth-order valence-corrected chi connectivity index (χ4v) is 2.16. The summed E-state index contributed by atoms with van der Waals surface area (Å²) in [7, 11) is 0. The van der Waals surface area contributed by atoms with Gasteiger partial charge in [-0.3, -0.25) is 4.79 Å². The Hall–Kier alpha value is -2.42. The molecule has 1 aromatic carbocycles. The maximum atomic E-state index is 13.9. The molecule has 1 N–H and O–H groups in total. The molecule has 1 fully saturated rings. The first-order valence-corrected chi connectivity index (χ1v) is 5.74. The summed E-state index contributed by atoms with van der Waals surface area (Å²) in [5.74, 6) is -2.11. The number of carboxylic acids is 1. The van der Waals surface area contributed by atoms with E-state index in [0.29, 0.717) is 0 Å². The molecule has 0 saturated carbocycles. The monoisotopic (exact) mass is 262 g/mol. The number of nitrogens with zero attached hydrogens (tertiary/aromatic N) is 2. The van der Waals surface area contributed by atoms with Crippen LogP contribution in [0.2, 0.25) is 0 Å². The predicted molar refractivity (Wildman–Crippen MR) is 62.3 cm³/mol. The van der Waals surface area contributed by atoms with E-state index in [-0.39, 0.29) is 36.4 Å². The summed E-state index contributed by atoms with van der Waals surface area (Å²) in [6.07, 6.45) is 0.379. The van der Waals surface area contributed by atoms with Crippen molar-refractivity contribution in [2.75, 3.05) is 0 Å². The Balaban J connectivity index is 2.28. The molecule has 1 saturated heterocycles. The number of hydrogen-bond acceptors (Lipinski definition) is 3. The zero-order valence-corrected chi connectivity index (χ0v) is 9.97. The highest BCUT2D eigenvalue weighted by Crippen LogP contribution is 2.23. The maximum Gasteiger partial charge on any atom is 0.326 e. The molecule has 5 nitrogen and oxygen atoms in total. The molecule has 1 amide bonds. The van der Waals surface area contributed by atoms with Crippen LogP contribution in [0, 0.1) is 17.1 Å². The maximum absolute atomic E-state index is 13.9. The van der Waals surface area contributed by atoms with Crippen LogP contribution in [0.4, 0.5) is 4.39 Å². The molecule has 0 bridgehead atoms. The van der Waals surface area contributed by atoms with E-state index in [1.807, 2.05) is 0 Å². The first-order valence-electron chi connectivity index (χ1n) is 5.74. The molecule has 0 aliphatic carbocycles. The van der Waals surface area contributed by atoms with Crippen LogP contribution in [0.1, 0.15) is 24.0 Å². The molecule has 1 atom stereocenters. The van der Waals surface area contributed by atoms with E-state index >= 15 is 0 Å². The lowest BCUT2D eigenvalue weighted by molar-refractivity contribution is -0.146. The highest BCUT2D eigenvalue weighted by molar-refractivity contribution is 5.87. The Morgan fingerprint density at radius 2 is 2.32 bits per heavy atom. The van der Waals surface area contributed by atoms with E-state index < -0.39 is 17.8 Å². The normalized spacial score (nSPS) is 18.4. The Bertz CT molecular complexity index is 580. The number of aliphatic carboxylic acids is 1. The van der Waals surface area contributed by atoms with Crippen LogP contribution in [0.15, 0.2) is 18.2 Å². The second-order valence-electron chi connectivity index (χ2n) is 4.30. The van der Waals surface area contributed by atoms with Gasteiger partial charge in [-0.15, -0.1) is 0 Å². The SMILES string of the molecule is N#Cc1cccc(CN2C(=O)CCC2C(=O)O)c1F. The summed E-state index contributed by atoms with van der Waals surface area (Å²) in [6, 6.07) is 5.08. The van der Waals surface area contributed by atoms with Gasteiger partial charge in [0.15, 0.2) is 0 Å². The molecule has 19 heavy (non-hydrogen) atoms. The third-order valence-electron chi connectivity index (χ3n) is 3.15. The van der Waals surface area contributed by atoms with Crippen molar-refractivity contribution >= 4 is 11.9 Å². The zero-order chi connectivity index (χ0) is 14.0. The fraction of sp³-hybridized carbons (Fsp3) is 0.308. The molecule has 1 unspecified atom stereocenters. The van der Waals surface area contributed by atoms with Crippen molar-refractivity contribution < 1.29 is 19.1 Å². The molecule has 1 aliphatic rings. The van der Waals surface area contributed by atoms with Crippen LogP contribution in [0.25, 0.3) is 0 Å². The minimum absolute atomic E-state index is 0.115. The second kappa shape index (κ2) is 5.06. The number of likely N-dealkylation sites (tertiary alicyclic amines) is 1. The molecule has 6 heteroatoms. The lowest BCUT2D eigenvalue weighted by Gasteiger charge is -2.21. The summed E-state index contributed by atoms with van der Waals surface area (Å²) in [4.78, 5) is 23.8. The van der Waals surface area contributed by atoms with Gasteiger partial charge in [0.2, 0.25) is 5.91 Å². The Morgan fingerprint density at radius 1 is 1.58 bits per heavy atom. The highest BCUT2D eigenvalue weighted by Gasteiger charge is 2.36. The minimum Gasteiger partial charge on any atom is -0.480 e. The van der Waals surface area contributed by atoms with E-state index in [0.717, 1.165) is 4.90 Å². The first-order chi connectivity index (χ1) is 9.04. The second-order valence-corrected chi connectivity index (χ2v) is 4.30. The van der Waals surface area contributed by atoms with Crippen LogP contribution in [0.5, 0.6) is 0 Å². The number of halogens is 1. The smallest absolute Gasteiger partial charge is 0.326 e. The lowest BCUT2D eigenvalue weighted by atomic mass is 10.1. The average molecular weight is 262 g/mol. The van der Waals surface area contributed by atoms with Gasteiger partial charge >= 0.3 is 5.97 Å².